The topological polar surface area (TPSA) is 49.9 Å². The van der Waals surface area contributed by atoms with Crippen LogP contribution in [0.3, 0.4) is 0 Å². The van der Waals surface area contributed by atoms with E-state index in [1.165, 1.54) is 0 Å². The largest absolute Gasteiger partial charge is 0.359 e. The number of carbonyl (C=O) groups excluding carboxylic acids is 2. The molecular weight excluding hydrogens is 352 g/mol. The average Bonchev–Trinajstić information content (AvgIpc) is 3.24. The van der Waals surface area contributed by atoms with E-state index in [0.717, 1.165) is 5.56 Å². The van der Waals surface area contributed by atoms with Gasteiger partial charge >= 0.3 is 0 Å². The molecule has 2 saturated heterocycles. The van der Waals surface area contributed by atoms with Crippen LogP contribution in [0, 0.1) is 5.41 Å². The van der Waals surface area contributed by atoms with E-state index in [1.54, 1.807) is 0 Å². The van der Waals surface area contributed by atoms with Crippen molar-refractivity contribution in [3.8, 4) is 0 Å². The van der Waals surface area contributed by atoms with Crippen LogP contribution in [0.1, 0.15) is 41.7 Å². The number of rotatable bonds is 3. The third-order valence-electron chi connectivity index (χ3n) is 6.02. The first-order valence-electron chi connectivity index (χ1n) is 9.87. The lowest BCUT2D eigenvalue weighted by atomic mass is 9.78. The molecule has 2 aromatic rings. The molecule has 146 valence electrons. The number of hydrogen-bond acceptors (Lipinski definition) is 3. The van der Waals surface area contributed by atoms with E-state index in [2.05, 4.69) is 0 Å². The van der Waals surface area contributed by atoms with Crippen LogP contribution in [0.5, 0.6) is 0 Å². The molecule has 0 aromatic heterocycles. The molecule has 2 aliphatic heterocycles. The van der Waals surface area contributed by atoms with Gasteiger partial charge in [-0.15, -0.1) is 0 Å². The normalized spacial score (nSPS) is 21.5. The van der Waals surface area contributed by atoms with Crippen molar-refractivity contribution in [1.82, 2.24) is 9.80 Å². The van der Waals surface area contributed by atoms with Crippen LogP contribution in [-0.2, 0) is 9.53 Å². The Morgan fingerprint density at radius 3 is 2.21 bits per heavy atom. The summed E-state index contributed by atoms with van der Waals surface area (Å²) >= 11 is 0. The SMILES string of the molecule is CC1(C(=O)N2COC[C@H]2c2ccccc2)CCN(C(=O)c2ccccc2)CC1. The first-order valence-corrected chi connectivity index (χ1v) is 9.87. The van der Waals surface area contributed by atoms with Gasteiger partial charge in [-0.3, -0.25) is 9.59 Å². The van der Waals surface area contributed by atoms with Crippen molar-refractivity contribution >= 4 is 11.8 Å². The van der Waals surface area contributed by atoms with E-state index in [-0.39, 0.29) is 17.9 Å². The molecule has 2 aliphatic rings. The Hall–Kier alpha value is -2.66. The Morgan fingerprint density at radius 1 is 0.964 bits per heavy atom. The molecule has 4 rings (SSSR count). The minimum absolute atomic E-state index is 0.0329. The molecule has 0 unspecified atom stereocenters. The highest BCUT2D eigenvalue weighted by atomic mass is 16.5. The van der Waals surface area contributed by atoms with E-state index in [1.807, 2.05) is 77.4 Å². The van der Waals surface area contributed by atoms with Crippen molar-refractivity contribution in [2.45, 2.75) is 25.8 Å². The second-order valence-corrected chi connectivity index (χ2v) is 7.92. The van der Waals surface area contributed by atoms with E-state index >= 15 is 0 Å². The van der Waals surface area contributed by atoms with Gasteiger partial charge in [-0.25, -0.2) is 0 Å². The summed E-state index contributed by atoms with van der Waals surface area (Å²) in [5.41, 5.74) is 1.34. The number of likely N-dealkylation sites (tertiary alicyclic amines) is 1. The number of benzene rings is 2. The standard InChI is InChI=1S/C23H26N2O3/c1-23(12-14-24(15-13-23)21(26)19-10-6-3-7-11-19)22(27)25-17-28-16-20(25)18-8-4-2-5-9-18/h2-11,20H,12-17H2,1H3/t20-/m0/s1. The molecule has 2 aromatic carbocycles. The van der Waals surface area contributed by atoms with Crippen molar-refractivity contribution in [3.05, 3.63) is 71.8 Å². The fourth-order valence-corrected chi connectivity index (χ4v) is 4.12. The monoisotopic (exact) mass is 378 g/mol. The third kappa shape index (κ3) is 3.54. The Morgan fingerprint density at radius 2 is 1.57 bits per heavy atom. The molecule has 0 saturated carbocycles. The van der Waals surface area contributed by atoms with Gasteiger partial charge in [-0.1, -0.05) is 55.5 Å². The van der Waals surface area contributed by atoms with Crippen molar-refractivity contribution < 1.29 is 14.3 Å². The number of hydrogen-bond donors (Lipinski definition) is 0. The summed E-state index contributed by atoms with van der Waals surface area (Å²) in [7, 11) is 0. The Bertz CT molecular complexity index is 829. The summed E-state index contributed by atoms with van der Waals surface area (Å²) in [5.74, 6) is 0.174. The van der Waals surface area contributed by atoms with Gasteiger partial charge in [0.25, 0.3) is 5.91 Å². The summed E-state index contributed by atoms with van der Waals surface area (Å²) in [6.07, 6.45) is 1.34. The first-order chi connectivity index (χ1) is 13.6. The van der Waals surface area contributed by atoms with Crippen LogP contribution in [0.15, 0.2) is 60.7 Å². The fraction of sp³-hybridized carbons (Fsp3) is 0.391. The molecule has 0 aliphatic carbocycles. The summed E-state index contributed by atoms with van der Waals surface area (Å²) < 4.78 is 5.64. The highest BCUT2D eigenvalue weighted by Gasteiger charge is 2.44. The molecule has 5 heteroatoms. The second-order valence-electron chi connectivity index (χ2n) is 7.92. The van der Waals surface area contributed by atoms with Gasteiger partial charge < -0.3 is 14.5 Å². The maximum atomic E-state index is 13.4. The van der Waals surface area contributed by atoms with Crippen LogP contribution in [-0.4, -0.2) is 48.0 Å². The van der Waals surface area contributed by atoms with E-state index in [0.29, 0.717) is 44.8 Å². The zero-order valence-corrected chi connectivity index (χ0v) is 16.2. The molecule has 2 heterocycles. The van der Waals surface area contributed by atoms with Gasteiger partial charge in [0.2, 0.25) is 5.91 Å². The van der Waals surface area contributed by atoms with Gasteiger partial charge in [-0.2, -0.15) is 0 Å². The zero-order valence-electron chi connectivity index (χ0n) is 16.2. The van der Waals surface area contributed by atoms with E-state index in [4.69, 9.17) is 4.74 Å². The predicted octanol–water partition coefficient (Wildman–Crippen LogP) is 3.49. The minimum Gasteiger partial charge on any atom is -0.359 e. The maximum absolute atomic E-state index is 13.4. The summed E-state index contributed by atoms with van der Waals surface area (Å²) in [5, 5.41) is 0. The van der Waals surface area contributed by atoms with E-state index in [9.17, 15) is 9.59 Å². The van der Waals surface area contributed by atoms with Crippen molar-refractivity contribution in [3.63, 3.8) is 0 Å². The molecule has 2 amide bonds. The second kappa shape index (κ2) is 7.76. The lowest BCUT2D eigenvalue weighted by Crippen LogP contribution is -2.50. The first kappa shape index (κ1) is 18.7. The van der Waals surface area contributed by atoms with Gasteiger partial charge in [-0.05, 0) is 30.5 Å². The molecule has 0 spiro atoms. The molecule has 0 bridgehead atoms. The van der Waals surface area contributed by atoms with Crippen molar-refractivity contribution in [2.24, 2.45) is 5.41 Å². The highest BCUT2D eigenvalue weighted by Crippen LogP contribution is 2.37. The zero-order chi connectivity index (χ0) is 19.6. The molecule has 1 atom stereocenters. The Balaban J connectivity index is 1.43. The average molecular weight is 378 g/mol. The van der Waals surface area contributed by atoms with Gasteiger partial charge in [0.15, 0.2) is 0 Å². The Kier molecular flexibility index (Phi) is 5.18. The van der Waals surface area contributed by atoms with Crippen LogP contribution in [0.25, 0.3) is 0 Å². The lowest BCUT2D eigenvalue weighted by Gasteiger charge is -2.41. The molecule has 5 nitrogen and oxygen atoms in total. The Labute approximate surface area is 165 Å². The van der Waals surface area contributed by atoms with Gasteiger partial charge in [0.1, 0.15) is 6.73 Å². The van der Waals surface area contributed by atoms with Crippen LogP contribution in [0.4, 0.5) is 0 Å². The maximum Gasteiger partial charge on any atom is 0.253 e. The number of carbonyl (C=O) groups is 2. The number of piperidine rings is 1. The van der Waals surface area contributed by atoms with E-state index < -0.39 is 5.41 Å². The van der Waals surface area contributed by atoms with Crippen LogP contribution < -0.4 is 0 Å². The van der Waals surface area contributed by atoms with Gasteiger partial charge in [0.05, 0.1) is 18.1 Å². The van der Waals surface area contributed by atoms with Crippen LogP contribution in [0.2, 0.25) is 0 Å². The molecule has 2 fully saturated rings. The number of nitrogens with zero attached hydrogens (tertiary/aromatic N) is 2. The molecular formula is C23H26N2O3. The summed E-state index contributed by atoms with van der Waals surface area (Å²) in [6.45, 7) is 4.09. The van der Waals surface area contributed by atoms with Gasteiger partial charge in [0, 0.05) is 18.7 Å². The smallest absolute Gasteiger partial charge is 0.253 e. The number of ether oxygens (including phenoxy) is 1. The highest BCUT2D eigenvalue weighted by molar-refractivity contribution is 5.94. The fourth-order valence-electron chi connectivity index (χ4n) is 4.12. The van der Waals surface area contributed by atoms with Crippen LogP contribution >= 0.6 is 0 Å². The minimum atomic E-state index is -0.464. The molecule has 28 heavy (non-hydrogen) atoms. The lowest BCUT2D eigenvalue weighted by molar-refractivity contribution is -0.146. The summed E-state index contributed by atoms with van der Waals surface area (Å²) in [4.78, 5) is 29.8. The number of amides is 2. The molecule has 0 N–H and O–H groups in total. The summed E-state index contributed by atoms with van der Waals surface area (Å²) in [6, 6.07) is 19.4. The van der Waals surface area contributed by atoms with Crippen molar-refractivity contribution in [2.75, 3.05) is 26.4 Å². The van der Waals surface area contributed by atoms with Crippen molar-refractivity contribution in [1.29, 1.82) is 0 Å². The molecule has 0 radical (unpaired) electrons. The third-order valence-corrected chi connectivity index (χ3v) is 6.02. The predicted molar refractivity (Wildman–Crippen MR) is 107 cm³/mol. The quantitative estimate of drug-likeness (QED) is 0.822.